The Kier molecular flexibility index (Phi) is 5.61. The lowest BCUT2D eigenvalue weighted by molar-refractivity contribution is -0.384. The Morgan fingerprint density at radius 3 is 2.69 bits per heavy atom. The van der Waals surface area contributed by atoms with E-state index in [2.05, 4.69) is 4.99 Å². The highest BCUT2D eigenvalue weighted by molar-refractivity contribution is 8.18. The van der Waals surface area contributed by atoms with Crippen molar-refractivity contribution in [3.63, 3.8) is 0 Å². The molecule has 10 heteroatoms. The first-order valence-electron chi connectivity index (χ1n) is 9.35. The topological polar surface area (TPSA) is 118 Å². The van der Waals surface area contributed by atoms with Crippen molar-refractivity contribution >= 4 is 46.3 Å². The van der Waals surface area contributed by atoms with E-state index in [0.717, 1.165) is 11.8 Å². The van der Waals surface area contributed by atoms with Gasteiger partial charge in [-0.3, -0.25) is 19.8 Å². The highest BCUT2D eigenvalue weighted by atomic mass is 32.2. The number of non-ortho nitro benzene ring substituents is 1. The number of aliphatic imine (C=N–C) groups is 1. The number of amides is 1. The second-order valence-electron chi connectivity index (χ2n) is 6.80. The zero-order chi connectivity index (χ0) is 22.8. The third kappa shape index (κ3) is 4.16. The summed E-state index contributed by atoms with van der Waals surface area (Å²) in [5, 5.41) is 20.7. The predicted octanol–water partition coefficient (Wildman–Crippen LogP) is 4.32. The maximum Gasteiger partial charge on any atom is 0.335 e. The summed E-state index contributed by atoms with van der Waals surface area (Å²) >= 11 is 1.16. The van der Waals surface area contributed by atoms with Gasteiger partial charge in [0.2, 0.25) is 0 Å². The SMILES string of the molecule is CN1C(=O)/C(=C/c2cccn2-c2cccc([N+](=O)[O-])c2)SC1=Nc1cccc(C(=O)O)c1. The lowest BCUT2D eigenvalue weighted by Crippen LogP contribution is -2.23. The molecule has 1 aliphatic heterocycles. The van der Waals surface area contributed by atoms with Crippen LogP contribution in [0.3, 0.4) is 0 Å². The summed E-state index contributed by atoms with van der Waals surface area (Å²) in [5.74, 6) is -1.31. The van der Waals surface area contributed by atoms with Crippen LogP contribution in [0, 0.1) is 10.1 Å². The zero-order valence-electron chi connectivity index (χ0n) is 16.7. The third-order valence-corrected chi connectivity index (χ3v) is 5.76. The number of carboxylic acids is 1. The summed E-state index contributed by atoms with van der Waals surface area (Å²) in [6, 6.07) is 16.0. The first-order chi connectivity index (χ1) is 15.3. The first-order valence-corrected chi connectivity index (χ1v) is 10.2. The number of hydrogen-bond donors (Lipinski definition) is 1. The number of rotatable bonds is 5. The van der Waals surface area contributed by atoms with Gasteiger partial charge in [0.1, 0.15) is 0 Å². The number of nitro groups is 1. The Bertz CT molecular complexity index is 1310. The smallest absolute Gasteiger partial charge is 0.335 e. The monoisotopic (exact) mass is 448 g/mol. The number of aromatic carboxylic acids is 1. The van der Waals surface area contributed by atoms with Crippen LogP contribution in [-0.2, 0) is 4.79 Å². The molecule has 160 valence electrons. The second-order valence-corrected chi connectivity index (χ2v) is 7.81. The van der Waals surface area contributed by atoms with Gasteiger partial charge < -0.3 is 9.67 Å². The molecule has 0 radical (unpaired) electrons. The quantitative estimate of drug-likeness (QED) is 0.353. The summed E-state index contributed by atoms with van der Waals surface area (Å²) in [6.45, 7) is 0. The molecule has 0 bridgehead atoms. The second kappa shape index (κ2) is 8.52. The van der Waals surface area contributed by atoms with E-state index >= 15 is 0 Å². The minimum Gasteiger partial charge on any atom is -0.478 e. The maximum atomic E-state index is 12.8. The van der Waals surface area contributed by atoms with Gasteiger partial charge in [0.05, 0.1) is 26.8 Å². The Morgan fingerprint density at radius 1 is 1.16 bits per heavy atom. The minimum absolute atomic E-state index is 0.0288. The van der Waals surface area contributed by atoms with Crippen molar-refractivity contribution in [1.29, 1.82) is 0 Å². The molecule has 1 saturated heterocycles. The van der Waals surface area contributed by atoms with Gasteiger partial charge in [0.25, 0.3) is 11.6 Å². The number of carbonyl (C=O) groups is 2. The molecule has 0 aliphatic carbocycles. The van der Waals surface area contributed by atoms with E-state index in [9.17, 15) is 19.7 Å². The van der Waals surface area contributed by atoms with Gasteiger partial charge >= 0.3 is 5.97 Å². The maximum absolute atomic E-state index is 12.8. The Hall–Kier alpha value is -4.18. The fourth-order valence-electron chi connectivity index (χ4n) is 3.11. The average molecular weight is 448 g/mol. The zero-order valence-corrected chi connectivity index (χ0v) is 17.5. The highest BCUT2D eigenvalue weighted by Gasteiger charge is 2.30. The molecule has 1 aliphatic rings. The summed E-state index contributed by atoms with van der Waals surface area (Å²) in [6.07, 6.45) is 3.45. The first kappa shape index (κ1) is 21.1. The number of thioether (sulfide) groups is 1. The molecule has 1 fully saturated rings. The predicted molar refractivity (Wildman–Crippen MR) is 121 cm³/mol. The molecular weight excluding hydrogens is 432 g/mol. The normalized spacial score (nSPS) is 16.2. The molecule has 0 saturated carbocycles. The van der Waals surface area contributed by atoms with E-state index in [0.29, 0.717) is 27.1 Å². The van der Waals surface area contributed by atoms with Gasteiger partial charge in [-0.25, -0.2) is 9.79 Å². The van der Waals surface area contributed by atoms with Gasteiger partial charge in [-0.2, -0.15) is 0 Å². The van der Waals surface area contributed by atoms with Crippen LogP contribution in [0.1, 0.15) is 16.1 Å². The number of hydrogen-bond acceptors (Lipinski definition) is 6. The van der Waals surface area contributed by atoms with Crippen LogP contribution in [0.25, 0.3) is 11.8 Å². The van der Waals surface area contributed by atoms with E-state index in [-0.39, 0.29) is 17.2 Å². The molecule has 0 unspecified atom stereocenters. The number of nitrogens with zero attached hydrogens (tertiary/aromatic N) is 4. The van der Waals surface area contributed by atoms with Gasteiger partial charge in [-0.15, -0.1) is 0 Å². The van der Waals surface area contributed by atoms with E-state index in [1.54, 1.807) is 60.3 Å². The highest BCUT2D eigenvalue weighted by Crippen LogP contribution is 2.33. The standard InChI is InChI=1S/C22H16N4O5S/c1-24-20(27)19(32-22(24)23-15-6-2-5-14(11-15)21(28)29)13-17-9-4-10-25(17)16-7-3-8-18(12-16)26(30)31/h2-13H,1H3,(H,28,29)/b19-13-,23-22?. The molecule has 2 heterocycles. The number of amidine groups is 1. The molecular formula is C22H16N4O5S. The molecule has 3 aromatic rings. The Labute approximate surface area is 186 Å². The van der Waals surface area contributed by atoms with Gasteiger partial charge in [0.15, 0.2) is 5.17 Å². The fourth-order valence-corrected chi connectivity index (χ4v) is 4.08. The number of carboxylic acid groups (broad SMARTS) is 1. The number of nitro benzene ring substituents is 1. The van der Waals surface area contributed by atoms with Crippen molar-refractivity contribution in [3.05, 3.63) is 93.1 Å². The van der Waals surface area contributed by atoms with Crippen molar-refractivity contribution in [2.75, 3.05) is 7.05 Å². The van der Waals surface area contributed by atoms with Crippen molar-refractivity contribution in [1.82, 2.24) is 9.47 Å². The minimum atomic E-state index is -1.06. The number of benzene rings is 2. The number of likely N-dealkylation sites (N-methyl/N-ethyl adjacent to an activating group) is 1. The van der Waals surface area contributed by atoms with Gasteiger partial charge in [-0.05, 0) is 54.2 Å². The van der Waals surface area contributed by atoms with Crippen LogP contribution in [-0.4, -0.2) is 43.6 Å². The lowest BCUT2D eigenvalue weighted by Gasteiger charge is -2.07. The molecule has 1 amide bonds. The molecule has 32 heavy (non-hydrogen) atoms. The van der Waals surface area contributed by atoms with Crippen LogP contribution in [0.15, 0.2) is 76.8 Å². The largest absolute Gasteiger partial charge is 0.478 e. The van der Waals surface area contributed by atoms with Crippen LogP contribution >= 0.6 is 11.8 Å². The van der Waals surface area contributed by atoms with Crippen molar-refractivity contribution in [2.45, 2.75) is 0 Å². The molecule has 0 spiro atoms. The van der Waals surface area contributed by atoms with E-state index in [1.165, 1.54) is 29.2 Å². The van der Waals surface area contributed by atoms with E-state index in [1.807, 2.05) is 0 Å². The fraction of sp³-hybridized carbons (Fsp3) is 0.0455. The Balaban J connectivity index is 1.66. The van der Waals surface area contributed by atoms with Crippen molar-refractivity contribution < 1.29 is 19.6 Å². The third-order valence-electron chi connectivity index (χ3n) is 4.70. The van der Waals surface area contributed by atoms with Crippen LogP contribution in [0.2, 0.25) is 0 Å². The van der Waals surface area contributed by atoms with Gasteiger partial charge in [0, 0.05) is 31.1 Å². The molecule has 1 aromatic heterocycles. The molecule has 0 atom stereocenters. The van der Waals surface area contributed by atoms with Crippen molar-refractivity contribution in [2.24, 2.45) is 4.99 Å². The molecule has 2 aromatic carbocycles. The van der Waals surface area contributed by atoms with Crippen LogP contribution in [0.4, 0.5) is 11.4 Å². The Morgan fingerprint density at radius 2 is 1.94 bits per heavy atom. The summed E-state index contributed by atoms with van der Waals surface area (Å²) in [5.41, 5.74) is 1.77. The average Bonchev–Trinajstić information content (AvgIpc) is 3.34. The summed E-state index contributed by atoms with van der Waals surface area (Å²) < 4.78 is 1.75. The molecule has 1 N–H and O–H groups in total. The number of aromatic nitrogens is 1. The molecule has 9 nitrogen and oxygen atoms in total. The van der Waals surface area contributed by atoms with E-state index in [4.69, 9.17) is 5.11 Å². The lowest BCUT2D eigenvalue weighted by atomic mass is 10.2. The van der Waals surface area contributed by atoms with E-state index < -0.39 is 10.9 Å². The van der Waals surface area contributed by atoms with Gasteiger partial charge in [-0.1, -0.05) is 12.1 Å². The van der Waals surface area contributed by atoms with Crippen molar-refractivity contribution in [3.8, 4) is 5.69 Å². The van der Waals surface area contributed by atoms with Crippen LogP contribution < -0.4 is 0 Å². The molecule has 4 rings (SSSR count). The summed E-state index contributed by atoms with van der Waals surface area (Å²) in [7, 11) is 1.59. The number of carbonyl (C=O) groups excluding carboxylic acids is 1. The van der Waals surface area contributed by atoms with Crippen LogP contribution in [0.5, 0.6) is 0 Å². The summed E-state index contributed by atoms with van der Waals surface area (Å²) in [4.78, 5) is 40.8.